The Bertz CT molecular complexity index is 1160. The second-order valence-corrected chi connectivity index (χ2v) is 8.29. The number of carbonyl (C=O) groups excluding carboxylic acids is 1. The first-order valence-electron chi connectivity index (χ1n) is 11.0. The fourth-order valence-corrected chi connectivity index (χ4v) is 4.34. The van der Waals surface area contributed by atoms with E-state index in [-0.39, 0.29) is 18.4 Å². The number of nitrogens with zero attached hydrogens (tertiary/aromatic N) is 2. The molecule has 1 aliphatic rings. The first kappa shape index (κ1) is 22.4. The molecule has 0 aliphatic carbocycles. The Labute approximate surface area is 193 Å². The van der Waals surface area contributed by atoms with Crippen molar-refractivity contribution in [1.82, 2.24) is 9.88 Å². The molecule has 1 amide bonds. The van der Waals surface area contributed by atoms with Crippen LogP contribution in [-0.4, -0.2) is 40.0 Å². The summed E-state index contributed by atoms with van der Waals surface area (Å²) >= 11 is 0. The van der Waals surface area contributed by atoms with Gasteiger partial charge in [0.2, 0.25) is 0 Å². The standard InChI is InChI=1S/C27H27N3O3/c28-15-20-7-4-8-22(13-20)24-11-12-30(18-25(24)27(32)33)26(31)23-14-21(16-29-17-23)10-9-19-5-2-1-3-6-19/h1-10,13-14,16-17,24-25H,11-12,15,18,28H2,(H,32,33). The summed E-state index contributed by atoms with van der Waals surface area (Å²) < 4.78 is 0. The lowest BCUT2D eigenvalue weighted by atomic mass is 9.80. The lowest BCUT2D eigenvalue weighted by Crippen LogP contribution is -2.45. The van der Waals surface area contributed by atoms with Crippen LogP contribution in [0.25, 0.3) is 12.2 Å². The predicted octanol–water partition coefficient (Wildman–Crippen LogP) is 4.04. The van der Waals surface area contributed by atoms with Gasteiger partial charge in [-0.1, -0.05) is 66.7 Å². The average Bonchev–Trinajstić information content (AvgIpc) is 2.87. The normalized spacial score (nSPS) is 18.4. The highest BCUT2D eigenvalue weighted by Crippen LogP contribution is 2.34. The van der Waals surface area contributed by atoms with E-state index in [9.17, 15) is 14.7 Å². The van der Waals surface area contributed by atoms with Crippen molar-refractivity contribution in [3.05, 3.63) is 101 Å². The molecule has 0 radical (unpaired) electrons. The van der Waals surface area contributed by atoms with Crippen LogP contribution in [0.3, 0.4) is 0 Å². The Morgan fingerprint density at radius 1 is 1.03 bits per heavy atom. The van der Waals surface area contributed by atoms with E-state index in [0.29, 0.717) is 25.1 Å². The summed E-state index contributed by atoms with van der Waals surface area (Å²) in [6.07, 6.45) is 7.70. The number of benzene rings is 2. The van der Waals surface area contributed by atoms with E-state index < -0.39 is 11.9 Å². The molecule has 1 fully saturated rings. The van der Waals surface area contributed by atoms with Crippen molar-refractivity contribution >= 4 is 24.0 Å². The zero-order valence-corrected chi connectivity index (χ0v) is 18.3. The number of piperidine rings is 1. The first-order valence-corrected chi connectivity index (χ1v) is 11.0. The third-order valence-electron chi connectivity index (χ3n) is 6.11. The van der Waals surface area contributed by atoms with Gasteiger partial charge in [-0.3, -0.25) is 14.6 Å². The van der Waals surface area contributed by atoms with Crippen LogP contribution in [-0.2, 0) is 11.3 Å². The number of nitrogens with two attached hydrogens (primary N) is 1. The Morgan fingerprint density at radius 2 is 1.82 bits per heavy atom. The number of pyridine rings is 1. The molecule has 3 N–H and O–H groups in total. The molecule has 1 aliphatic heterocycles. The third kappa shape index (κ3) is 5.35. The molecule has 4 rings (SSSR count). The van der Waals surface area contributed by atoms with Gasteiger partial charge >= 0.3 is 5.97 Å². The third-order valence-corrected chi connectivity index (χ3v) is 6.11. The van der Waals surface area contributed by atoms with Gasteiger partial charge in [-0.25, -0.2) is 0 Å². The van der Waals surface area contributed by atoms with Crippen LogP contribution in [0.5, 0.6) is 0 Å². The number of amides is 1. The summed E-state index contributed by atoms with van der Waals surface area (Å²) in [5.74, 6) is -1.92. The highest BCUT2D eigenvalue weighted by Gasteiger charge is 2.37. The van der Waals surface area contributed by atoms with Crippen molar-refractivity contribution < 1.29 is 14.7 Å². The van der Waals surface area contributed by atoms with Crippen LogP contribution in [0.1, 0.15) is 45.0 Å². The second-order valence-electron chi connectivity index (χ2n) is 8.29. The van der Waals surface area contributed by atoms with Crippen molar-refractivity contribution in [3.63, 3.8) is 0 Å². The molecule has 33 heavy (non-hydrogen) atoms. The summed E-state index contributed by atoms with van der Waals surface area (Å²) in [7, 11) is 0. The van der Waals surface area contributed by atoms with E-state index in [4.69, 9.17) is 5.73 Å². The quantitative estimate of drug-likeness (QED) is 0.602. The number of aliphatic carboxylic acids is 1. The lowest BCUT2D eigenvalue weighted by molar-refractivity contribution is -0.144. The van der Waals surface area contributed by atoms with Crippen LogP contribution >= 0.6 is 0 Å². The van der Waals surface area contributed by atoms with Gasteiger partial charge in [0.15, 0.2) is 0 Å². The molecular weight excluding hydrogens is 414 g/mol. The van der Waals surface area contributed by atoms with Crippen molar-refractivity contribution in [2.75, 3.05) is 13.1 Å². The number of likely N-dealkylation sites (tertiary alicyclic amines) is 1. The molecule has 168 valence electrons. The molecule has 0 bridgehead atoms. The fourth-order valence-electron chi connectivity index (χ4n) is 4.34. The largest absolute Gasteiger partial charge is 0.481 e. The Kier molecular flexibility index (Phi) is 6.95. The summed E-state index contributed by atoms with van der Waals surface area (Å²) in [5.41, 5.74) is 10.0. The highest BCUT2D eigenvalue weighted by molar-refractivity contribution is 5.95. The molecule has 6 heteroatoms. The SMILES string of the molecule is NCc1cccc(C2CCN(C(=O)c3cncc(C=Cc4ccccc4)c3)CC2C(=O)O)c1. The molecule has 3 aromatic rings. The Balaban J connectivity index is 1.50. The number of carboxylic acids is 1. The maximum atomic E-state index is 13.2. The minimum absolute atomic E-state index is 0.156. The predicted molar refractivity (Wildman–Crippen MR) is 128 cm³/mol. The molecule has 2 heterocycles. The summed E-state index contributed by atoms with van der Waals surface area (Å²) in [5, 5.41) is 9.90. The van der Waals surface area contributed by atoms with Crippen LogP contribution in [0.15, 0.2) is 73.1 Å². The molecule has 2 aromatic carbocycles. The molecular formula is C27H27N3O3. The minimum Gasteiger partial charge on any atom is -0.481 e. The Morgan fingerprint density at radius 3 is 2.58 bits per heavy atom. The molecule has 1 saturated heterocycles. The second kappa shape index (κ2) is 10.2. The molecule has 2 atom stereocenters. The summed E-state index contributed by atoms with van der Waals surface area (Å²) in [4.78, 5) is 31.1. The van der Waals surface area contributed by atoms with E-state index in [0.717, 1.165) is 22.3 Å². The Hall–Kier alpha value is -3.77. The summed E-state index contributed by atoms with van der Waals surface area (Å²) in [6, 6.07) is 19.4. The van der Waals surface area contributed by atoms with E-state index in [1.54, 1.807) is 17.2 Å². The average molecular weight is 442 g/mol. The fraction of sp³-hybridized carbons (Fsp3) is 0.222. The highest BCUT2D eigenvalue weighted by atomic mass is 16.4. The van der Waals surface area contributed by atoms with Crippen LogP contribution in [0.4, 0.5) is 0 Å². The van der Waals surface area contributed by atoms with Gasteiger partial charge < -0.3 is 15.7 Å². The van der Waals surface area contributed by atoms with Crippen molar-refractivity contribution in [3.8, 4) is 0 Å². The molecule has 1 aromatic heterocycles. The minimum atomic E-state index is -0.895. The van der Waals surface area contributed by atoms with E-state index in [2.05, 4.69) is 4.98 Å². The zero-order chi connectivity index (χ0) is 23.2. The van der Waals surface area contributed by atoms with E-state index in [1.165, 1.54) is 6.20 Å². The maximum absolute atomic E-state index is 13.2. The van der Waals surface area contributed by atoms with Crippen LogP contribution in [0.2, 0.25) is 0 Å². The molecule has 0 spiro atoms. The van der Waals surface area contributed by atoms with Gasteiger partial charge in [-0.05, 0) is 34.7 Å². The molecule has 2 unspecified atom stereocenters. The van der Waals surface area contributed by atoms with Crippen molar-refractivity contribution in [2.45, 2.75) is 18.9 Å². The first-order chi connectivity index (χ1) is 16.0. The smallest absolute Gasteiger partial charge is 0.308 e. The number of carboxylic acid groups (broad SMARTS) is 1. The van der Waals surface area contributed by atoms with Gasteiger partial charge in [-0.15, -0.1) is 0 Å². The number of aromatic nitrogens is 1. The van der Waals surface area contributed by atoms with Crippen molar-refractivity contribution in [1.29, 1.82) is 0 Å². The topological polar surface area (TPSA) is 96.5 Å². The summed E-state index contributed by atoms with van der Waals surface area (Å²) in [6.45, 7) is 1.06. The number of hydrogen-bond donors (Lipinski definition) is 2. The van der Waals surface area contributed by atoms with Crippen LogP contribution in [0, 0.1) is 5.92 Å². The van der Waals surface area contributed by atoms with Gasteiger partial charge in [-0.2, -0.15) is 0 Å². The maximum Gasteiger partial charge on any atom is 0.308 e. The molecule has 0 saturated carbocycles. The van der Waals surface area contributed by atoms with Crippen LogP contribution < -0.4 is 5.73 Å². The van der Waals surface area contributed by atoms with Crippen molar-refractivity contribution in [2.24, 2.45) is 11.7 Å². The molecule has 6 nitrogen and oxygen atoms in total. The number of carbonyl (C=O) groups is 2. The van der Waals surface area contributed by atoms with Gasteiger partial charge in [0.25, 0.3) is 5.91 Å². The van der Waals surface area contributed by atoms with Gasteiger partial charge in [0.05, 0.1) is 11.5 Å². The van der Waals surface area contributed by atoms with Gasteiger partial charge in [0, 0.05) is 37.9 Å². The van der Waals surface area contributed by atoms with Gasteiger partial charge in [0.1, 0.15) is 0 Å². The zero-order valence-electron chi connectivity index (χ0n) is 18.3. The lowest BCUT2D eigenvalue weighted by Gasteiger charge is -2.37. The van der Waals surface area contributed by atoms with E-state index in [1.807, 2.05) is 66.7 Å². The monoisotopic (exact) mass is 441 g/mol. The number of rotatable bonds is 6. The van der Waals surface area contributed by atoms with E-state index >= 15 is 0 Å². The number of hydrogen-bond acceptors (Lipinski definition) is 4.